The number of ether oxygens (including phenoxy) is 2. The van der Waals surface area contributed by atoms with E-state index in [1.807, 2.05) is 31.3 Å². The van der Waals surface area contributed by atoms with E-state index in [2.05, 4.69) is 84.0 Å². The van der Waals surface area contributed by atoms with E-state index in [9.17, 15) is 0 Å². The van der Waals surface area contributed by atoms with Crippen LogP contribution in [-0.4, -0.2) is 18.6 Å². The van der Waals surface area contributed by atoms with Crippen molar-refractivity contribution < 1.29 is 9.47 Å². The van der Waals surface area contributed by atoms with Gasteiger partial charge in [-0.25, -0.2) is 0 Å². The number of rotatable bonds is 7. The highest BCUT2D eigenvalue weighted by Crippen LogP contribution is 2.36. The second-order valence-corrected chi connectivity index (χ2v) is 9.28. The molecule has 1 aromatic heterocycles. The van der Waals surface area contributed by atoms with Gasteiger partial charge in [-0.2, -0.15) is 0 Å². The molecule has 5 rings (SSSR count). The third-order valence-corrected chi connectivity index (χ3v) is 6.75. The summed E-state index contributed by atoms with van der Waals surface area (Å²) in [7, 11) is 1.70. The summed E-state index contributed by atoms with van der Waals surface area (Å²) >= 11 is 0. The van der Waals surface area contributed by atoms with Crippen LogP contribution in [0, 0.1) is 13.8 Å². The Morgan fingerprint density at radius 3 is 2.56 bits per heavy atom. The molecular formula is C32H32N2O2. The Balaban J connectivity index is 1.39. The van der Waals surface area contributed by atoms with Gasteiger partial charge in [0, 0.05) is 24.0 Å². The summed E-state index contributed by atoms with van der Waals surface area (Å²) in [6.07, 6.45) is 7.37. The van der Waals surface area contributed by atoms with Crippen LogP contribution in [0.3, 0.4) is 0 Å². The maximum atomic E-state index is 6.15. The molecule has 1 unspecified atom stereocenters. The SMILES string of the molecule is COc1cc2c(cc1OCc1ccccc1)CCNC2/C=C/c1cc(-c2ccc(C)nc2)ccc1C. The molecule has 4 heteroatoms. The summed E-state index contributed by atoms with van der Waals surface area (Å²) in [5, 5.41) is 3.65. The zero-order valence-electron chi connectivity index (χ0n) is 21.1. The molecule has 182 valence electrons. The molecular weight excluding hydrogens is 444 g/mol. The van der Waals surface area contributed by atoms with Crippen LogP contribution in [0.25, 0.3) is 17.2 Å². The lowest BCUT2D eigenvalue weighted by Crippen LogP contribution is -2.28. The number of hydrogen-bond donors (Lipinski definition) is 1. The van der Waals surface area contributed by atoms with Crippen LogP contribution in [-0.2, 0) is 13.0 Å². The molecule has 0 spiro atoms. The minimum Gasteiger partial charge on any atom is -0.493 e. The fourth-order valence-electron chi connectivity index (χ4n) is 4.61. The second kappa shape index (κ2) is 10.8. The highest BCUT2D eigenvalue weighted by molar-refractivity contribution is 5.69. The van der Waals surface area contributed by atoms with Crippen molar-refractivity contribution in [2.45, 2.75) is 32.9 Å². The Bertz CT molecular complexity index is 1360. The summed E-state index contributed by atoms with van der Waals surface area (Å²) in [6.45, 7) is 5.60. The van der Waals surface area contributed by atoms with Gasteiger partial charge in [-0.15, -0.1) is 0 Å². The molecule has 0 amide bonds. The summed E-state index contributed by atoms with van der Waals surface area (Å²) in [5.74, 6) is 1.55. The van der Waals surface area contributed by atoms with E-state index >= 15 is 0 Å². The second-order valence-electron chi connectivity index (χ2n) is 9.28. The van der Waals surface area contributed by atoms with Gasteiger partial charge >= 0.3 is 0 Å². The van der Waals surface area contributed by atoms with E-state index < -0.39 is 0 Å². The van der Waals surface area contributed by atoms with E-state index in [0.717, 1.165) is 41.3 Å². The minimum absolute atomic E-state index is 0.106. The van der Waals surface area contributed by atoms with Crippen molar-refractivity contribution in [3.05, 3.63) is 119 Å². The molecule has 0 radical (unpaired) electrons. The number of benzene rings is 3. The summed E-state index contributed by atoms with van der Waals surface area (Å²) in [4.78, 5) is 4.46. The zero-order valence-corrected chi connectivity index (χ0v) is 21.1. The maximum absolute atomic E-state index is 6.15. The Morgan fingerprint density at radius 2 is 1.78 bits per heavy atom. The molecule has 1 N–H and O–H groups in total. The Kier molecular flexibility index (Phi) is 7.15. The van der Waals surface area contributed by atoms with Crippen molar-refractivity contribution in [3.63, 3.8) is 0 Å². The molecule has 0 bridgehead atoms. The van der Waals surface area contributed by atoms with Crippen molar-refractivity contribution >= 4 is 6.08 Å². The lowest BCUT2D eigenvalue weighted by Gasteiger charge is -2.26. The predicted octanol–water partition coefficient (Wildman–Crippen LogP) is 6.85. The van der Waals surface area contributed by atoms with E-state index in [0.29, 0.717) is 6.61 Å². The lowest BCUT2D eigenvalue weighted by molar-refractivity contribution is 0.283. The van der Waals surface area contributed by atoms with Crippen molar-refractivity contribution in [1.82, 2.24) is 10.3 Å². The number of nitrogens with one attached hydrogen (secondary N) is 1. The van der Waals surface area contributed by atoms with Crippen LogP contribution in [0.15, 0.2) is 85.1 Å². The third kappa shape index (κ3) is 5.34. The molecule has 1 aliphatic heterocycles. The maximum Gasteiger partial charge on any atom is 0.161 e. The number of pyridine rings is 1. The standard InChI is InChI=1S/C32H32N2O2/c1-22-9-11-26(28-12-10-23(2)34-20-28)17-25(22)13-14-30-29-19-31(35-3)32(18-27(29)15-16-33-30)36-21-24-7-5-4-6-8-24/h4-14,17-20,30,33H,15-16,21H2,1-3H3/b14-13+. The molecule has 0 saturated heterocycles. The highest BCUT2D eigenvalue weighted by Gasteiger charge is 2.21. The number of hydrogen-bond acceptors (Lipinski definition) is 4. The molecule has 1 aliphatic rings. The van der Waals surface area contributed by atoms with Crippen LogP contribution in [0.4, 0.5) is 0 Å². The molecule has 4 aromatic rings. The number of aryl methyl sites for hydroxylation is 2. The third-order valence-electron chi connectivity index (χ3n) is 6.75. The molecule has 0 fully saturated rings. The average Bonchev–Trinajstić information content (AvgIpc) is 2.92. The molecule has 0 saturated carbocycles. The first-order valence-electron chi connectivity index (χ1n) is 12.4. The van der Waals surface area contributed by atoms with Crippen LogP contribution in [0.5, 0.6) is 11.5 Å². The molecule has 36 heavy (non-hydrogen) atoms. The van der Waals surface area contributed by atoms with Gasteiger partial charge in [0.1, 0.15) is 6.61 Å². The largest absolute Gasteiger partial charge is 0.493 e. The summed E-state index contributed by atoms with van der Waals surface area (Å²) in [5.41, 5.74) is 9.44. The first-order chi connectivity index (χ1) is 17.6. The van der Waals surface area contributed by atoms with Crippen molar-refractivity contribution in [2.75, 3.05) is 13.7 Å². The first-order valence-corrected chi connectivity index (χ1v) is 12.4. The number of nitrogens with zero attached hydrogens (tertiary/aromatic N) is 1. The van der Waals surface area contributed by atoms with Gasteiger partial charge in [0.25, 0.3) is 0 Å². The van der Waals surface area contributed by atoms with Crippen molar-refractivity contribution in [2.24, 2.45) is 0 Å². The van der Waals surface area contributed by atoms with E-state index in [-0.39, 0.29) is 6.04 Å². The molecule has 4 nitrogen and oxygen atoms in total. The van der Waals surface area contributed by atoms with E-state index in [4.69, 9.17) is 9.47 Å². The Morgan fingerprint density at radius 1 is 0.944 bits per heavy atom. The monoisotopic (exact) mass is 476 g/mol. The molecule has 2 heterocycles. The Labute approximate surface area is 213 Å². The van der Waals surface area contributed by atoms with Gasteiger partial charge < -0.3 is 14.8 Å². The molecule has 3 aromatic carbocycles. The smallest absolute Gasteiger partial charge is 0.161 e. The predicted molar refractivity (Wildman–Crippen MR) is 146 cm³/mol. The fourth-order valence-corrected chi connectivity index (χ4v) is 4.61. The van der Waals surface area contributed by atoms with Crippen LogP contribution in [0.2, 0.25) is 0 Å². The number of methoxy groups -OCH3 is 1. The zero-order chi connectivity index (χ0) is 24.9. The summed E-state index contributed by atoms with van der Waals surface area (Å²) in [6, 6.07) is 25.4. The lowest BCUT2D eigenvalue weighted by atomic mass is 9.92. The molecule has 1 atom stereocenters. The summed E-state index contributed by atoms with van der Waals surface area (Å²) < 4.78 is 11.9. The van der Waals surface area contributed by atoms with Gasteiger partial charge in [-0.1, -0.05) is 60.7 Å². The fraction of sp³-hybridized carbons (Fsp3) is 0.219. The van der Waals surface area contributed by atoms with Crippen LogP contribution >= 0.6 is 0 Å². The normalized spacial score (nSPS) is 15.0. The van der Waals surface area contributed by atoms with Gasteiger partial charge in [0.05, 0.1) is 13.2 Å². The highest BCUT2D eigenvalue weighted by atomic mass is 16.5. The minimum atomic E-state index is 0.106. The van der Waals surface area contributed by atoms with Crippen molar-refractivity contribution in [1.29, 1.82) is 0 Å². The van der Waals surface area contributed by atoms with Crippen LogP contribution in [0.1, 0.15) is 39.6 Å². The van der Waals surface area contributed by atoms with E-state index in [1.54, 1.807) is 7.11 Å². The quantitative estimate of drug-likeness (QED) is 0.317. The molecule has 0 aliphatic carbocycles. The average molecular weight is 477 g/mol. The van der Waals surface area contributed by atoms with Crippen molar-refractivity contribution in [3.8, 4) is 22.6 Å². The van der Waals surface area contributed by atoms with Gasteiger partial charge in [0.2, 0.25) is 0 Å². The van der Waals surface area contributed by atoms with Gasteiger partial charge in [0.15, 0.2) is 11.5 Å². The Hall–Kier alpha value is -3.89. The van der Waals surface area contributed by atoms with E-state index in [1.165, 1.54) is 27.8 Å². The first kappa shape index (κ1) is 23.8. The topological polar surface area (TPSA) is 43.4 Å². The number of fused-ring (bicyclic) bond motifs is 1. The van der Waals surface area contributed by atoms with Gasteiger partial charge in [-0.05, 0) is 77.9 Å². The van der Waals surface area contributed by atoms with Gasteiger partial charge in [-0.3, -0.25) is 4.98 Å². The number of aromatic nitrogens is 1. The van der Waals surface area contributed by atoms with Crippen LogP contribution < -0.4 is 14.8 Å².